The molecule has 0 aliphatic rings. The molecule has 0 saturated carbocycles. The molecule has 0 aliphatic heterocycles. The van der Waals surface area contributed by atoms with E-state index in [9.17, 15) is 0 Å². The zero-order valence-electron chi connectivity index (χ0n) is 36.6. The second-order valence-electron chi connectivity index (χ2n) is 18.4. The lowest BCUT2D eigenvalue weighted by molar-refractivity contribution is 0.591. The summed E-state index contributed by atoms with van der Waals surface area (Å²) in [7, 11) is 0. The second kappa shape index (κ2) is 15.8. The molecule has 0 unspecified atom stereocenters. The highest BCUT2D eigenvalue weighted by Gasteiger charge is 2.24. The van der Waals surface area contributed by atoms with E-state index in [1.165, 1.54) is 21.9 Å². The standard InChI is InChI=1S/C58H49N5/c1-57(2,3)43-28-30-45-46-31-29-44(58(4,5)6)35-54(46)63(53(45)34-43)52-32-27-42(55-59-48(38-19-11-7-12-20-38)36-49(60-55)39-21-13-8-14-22-39)33-47(52)56-61-50(40-23-15-9-16-24-40)37-51(62-56)41-25-17-10-18-26-41/h7-37H,1-6H3. The van der Waals surface area contributed by atoms with Crippen molar-refractivity contribution in [2.75, 3.05) is 0 Å². The number of benzene rings is 7. The fraction of sp³-hybridized carbons (Fsp3) is 0.138. The summed E-state index contributed by atoms with van der Waals surface area (Å²) in [6.45, 7) is 13.7. The van der Waals surface area contributed by atoms with Crippen LogP contribution in [-0.4, -0.2) is 24.5 Å². The topological polar surface area (TPSA) is 56.5 Å². The van der Waals surface area contributed by atoms with Gasteiger partial charge in [0.2, 0.25) is 0 Å². The van der Waals surface area contributed by atoms with E-state index in [4.69, 9.17) is 19.9 Å². The normalized spacial score (nSPS) is 12.0. The predicted octanol–water partition coefficient (Wildman–Crippen LogP) is 15.0. The summed E-state index contributed by atoms with van der Waals surface area (Å²) in [6, 6.07) is 66.1. The third-order valence-corrected chi connectivity index (χ3v) is 12.0. The van der Waals surface area contributed by atoms with Crippen LogP contribution in [0.5, 0.6) is 0 Å². The van der Waals surface area contributed by atoms with Crippen molar-refractivity contribution in [2.45, 2.75) is 52.4 Å². The maximum atomic E-state index is 5.44. The fourth-order valence-corrected chi connectivity index (χ4v) is 8.43. The molecule has 0 amide bonds. The minimum absolute atomic E-state index is 0.0615. The van der Waals surface area contributed by atoms with E-state index in [2.05, 4.69) is 210 Å². The molecule has 7 aromatic carbocycles. The van der Waals surface area contributed by atoms with Crippen molar-refractivity contribution in [3.05, 3.63) is 199 Å². The van der Waals surface area contributed by atoms with Crippen molar-refractivity contribution in [3.63, 3.8) is 0 Å². The van der Waals surface area contributed by atoms with Gasteiger partial charge in [0, 0.05) is 44.2 Å². The van der Waals surface area contributed by atoms with E-state index in [0.29, 0.717) is 11.6 Å². The zero-order valence-corrected chi connectivity index (χ0v) is 36.6. The molecule has 0 saturated heterocycles. The number of hydrogen-bond donors (Lipinski definition) is 0. The van der Waals surface area contributed by atoms with Crippen LogP contribution in [-0.2, 0) is 10.8 Å². The number of nitrogens with zero attached hydrogens (tertiary/aromatic N) is 5. The SMILES string of the molecule is CC(C)(C)c1ccc2c3ccc(C(C)(C)C)cc3n(-c3ccc(-c4nc(-c5ccccc5)cc(-c5ccccc5)n4)cc3-c3nc(-c4ccccc4)cc(-c4ccccc4)n3)c2c1. The molecule has 0 bridgehead atoms. The van der Waals surface area contributed by atoms with Gasteiger partial charge in [-0.2, -0.15) is 0 Å². The van der Waals surface area contributed by atoms with E-state index in [0.717, 1.165) is 72.9 Å². The van der Waals surface area contributed by atoms with Gasteiger partial charge < -0.3 is 4.57 Å². The van der Waals surface area contributed by atoms with Crippen LogP contribution in [0.2, 0.25) is 0 Å². The maximum absolute atomic E-state index is 5.44. The smallest absolute Gasteiger partial charge is 0.162 e. The third kappa shape index (κ3) is 7.72. The van der Waals surface area contributed by atoms with E-state index in [1.54, 1.807) is 0 Å². The lowest BCUT2D eigenvalue weighted by Gasteiger charge is -2.21. The molecule has 3 aromatic heterocycles. The first-order chi connectivity index (χ1) is 30.5. The predicted molar refractivity (Wildman–Crippen MR) is 262 cm³/mol. The van der Waals surface area contributed by atoms with Crippen LogP contribution in [0.3, 0.4) is 0 Å². The molecule has 10 aromatic rings. The maximum Gasteiger partial charge on any atom is 0.162 e. The van der Waals surface area contributed by atoms with Gasteiger partial charge in [0.1, 0.15) is 0 Å². The van der Waals surface area contributed by atoms with Crippen molar-refractivity contribution < 1.29 is 0 Å². The van der Waals surface area contributed by atoms with Crippen LogP contribution in [0, 0.1) is 0 Å². The van der Waals surface area contributed by atoms with Crippen LogP contribution in [0.4, 0.5) is 0 Å². The van der Waals surface area contributed by atoms with E-state index >= 15 is 0 Å². The van der Waals surface area contributed by atoms with Crippen LogP contribution in [0.25, 0.3) is 95.3 Å². The Bertz CT molecular complexity index is 3080. The van der Waals surface area contributed by atoms with Gasteiger partial charge >= 0.3 is 0 Å². The Morgan fingerprint density at radius 3 is 1.06 bits per heavy atom. The lowest BCUT2D eigenvalue weighted by Crippen LogP contribution is -2.11. The average Bonchev–Trinajstić information content (AvgIpc) is 3.64. The van der Waals surface area contributed by atoms with E-state index < -0.39 is 0 Å². The summed E-state index contributed by atoms with van der Waals surface area (Å²) in [5.74, 6) is 1.24. The first-order valence-corrected chi connectivity index (χ1v) is 21.7. The van der Waals surface area contributed by atoms with Crippen LogP contribution < -0.4 is 0 Å². The Labute approximate surface area is 369 Å². The van der Waals surface area contributed by atoms with Crippen molar-refractivity contribution in [2.24, 2.45) is 0 Å². The molecule has 0 spiro atoms. The van der Waals surface area contributed by atoms with Crippen molar-refractivity contribution in [1.82, 2.24) is 24.5 Å². The molecular formula is C58H49N5. The molecule has 0 N–H and O–H groups in total. The minimum Gasteiger partial charge on any atom is -0.308 e. The third-order valence-electron chi connectivity index (χ3n) is 12.0. The van der Waals surface area contributed by atoms with E-state index in [-0.39, 0.29) is 10.8 Å². The Morgan fingerprint density at radius 1 is 0.333 bits per heavy atom. The minimum atomic E-state index is -0.0615. The van der Waals surface area contributed by atoms with E-state index in [1.807, 2.05) is 24.3 Å². The van der Waals surface area contributed by atoms with Gasteiger partial charge in [-0.05, 0) is 64.4 Å². The van der Waals surface area contributed by atoms with Gasteiger partial charge in [-0.15, -0.1) is 0 Å². The molecular weight excluding hydrogens is 767 g/mol. The molecule has 0 radical (unpaired) electrons. The Kier molecular flexibility index (Phi) is 9.91. The molecule has 3 heterocycles. The lowest BCUT2D eigenvalue weighted by atomic mass is 9.86. The molecule has 5 heteroatoms. The fourth-order valence-electron chi connectivity index (χ4n) is 8.43. The summed E-state index contributed by atoms with van der Waals surface area (Å²) in [5.41, 5.74) is 14.9. The summed E-state index contributed by atoms with van der Waals surface area (Å²) in [6.07, 6.45) is 0. The summed E-state index contributed by atoms with van der Waals surface area (Å²) in [4.78, 5) is 21.4. The van der Waals surface area contributed by atoms with Gasteiger partial charge in [0.15, 0.2) is 11.6 Å². The first kappa shape index (κ1) is 39.6. The Hall–Kier alpha value is -7.50. The van der Waals surface area contributed by atoms with Gasteiger partial charge in [0.05, 0.1) is 39.5 Å². The van der Waals surface area contributed by atoms with Crippen LogP contribution in [0.1, 0.15) is 52.7 Å². The molecule has 0 fully saturated rings. The molecule has 63 heavy (non-hydrogen) atoms. The highest BCUT2D eigenvalue weighted by Crippen LogP contribution is 2.41. The van der Waals surface area contributed by atoms with Crippen LogP contribution >= 0.6 is 0 Å². The van der Waals surface area contributed by atoms with Gasteiger partial charge in [-0.1, -0.05) is 187 Å². The van der Waals surface area contributed by atoms with Crippen molar-refractivity contribution >= 4 is 21.8 Å². The van der Waals surface area contributed by atoms with Gasteiger partial charge in [0.25, 0.3) is 0 Å². The molecule has 0 atom stereocenters. The molecule has 0 aliphatic carbocycles. The molecule has 306 valence electrons. The van der Waals surface area contributed by atoms with Gasteiger partial charge in [-0.3, -0.25) is 0 Å². The number of rotatable bonds is 7. The largest absolute Gasteiger partial charge is 0.308 e. The Balaban J connectivity index is 1.31. The van der Waals surface area contributed by atoms with Crippen LogP contribution in [0.15, 0.2) is 188 Å². The monoisotopic (exact) mass is 815 g/mol. The number of fused-ring (bicyclic) bond motifs is 3. The highest BCUT2D eigenvalue weighted by molar-refractivity contribution is 6.10. The zero-order chi connectivity index (χ0) is 43.3. The molecule has 10 rings (SSSR count). The molecule has 5 nitrogen and oxygen atoms in total. The first-order valence-electron chi connectivity index (χ1n) is 21.7. The summed E-state index contributed by atoms with van der Waals surface area (Å²) in [5, 5.41) is 2.40. The summed E-state index contributed by atoms with van der Waals surface area (Å²) < 4.78 is 2.44. The summed E-state index contributed by atoms with van der Waals surface area (Å²) >= 11 is 0. The van der Waals surface area contributed by atoms with Crippen molar-refractivity contribution in [1.29, 1.82) is 0 Å². The average molecular weight is 816 g/mol. The van der Waals surface area contributed by atoms with Crippen molar-refractivity contribution in [3.8, 4) is 73.5 Å². The second-order valence-corrected chi connectivity index (χ2v) is 18.4. The number of aromatic nitrogens is 5. The van der Waals surface area contributed by atoms with Gasteiger partial charge in [-0.25, -0.2) is 19.9 Å². The number of hydrogen-bond acceptors (Lipinski definition) is 4. The Morgan fingerprint density at radius 2 is 0.698 bits per heavy atom. The quantitative estimate of drug-likeness (QED) is 0.161. The highest BCUT2D eigenvalue weighted by atomic mass is 15.0.